The smallest absolute Gasteiger partial charge is 0.412 e. The Morgan fingerprint density at radius 2 is 1.74 bits per heavy atom. The average Bonchev–Trinajstić information content (AvgIpc) is 2.75. The van der Waals surface area contributed by atoms with Gasteiger partial charge in [0.15, 0.2) is 0 Å². The number of anilines is 1. The van der Waals surface area contributed by atoms with Crippen LogP contribution >= 0.6 is 15.9 Å². The van der Waals surface area contributed by atoms with Crippen molar-refractivity contribution in [1.82, 2.24) is 0 Å². The number of hydrogen-bond acceptors (Lipinski definition) is 4. The molecule has 0 spiro atoms. The fourth-order valence-corrected chi connectivity index (χ4v) is 3.54. The average molecular weight is 484 g/mol. The van der Waals surface area contributed by atoms with Crippen molar-refractivity contribution in [2.75, 3.05) is 5.32 Å². The van der Waals surface area contributed by atoms with Crippen LogP contribution in [0, 0.1) is 0 Å². The van der Waals surface area contributed by atoms with Gasteiger partial charge in [0.25, 0.3) is 0 Å². The van der Waals surface area contributed by atoms with E-state index in [1.165, 1.54) is 0 Å². The van der Waals surface area contributed by atoms with Crippen LogP contribution in [0.3, 0.4) is 0 Å². The largest absolute Gasteiger partial charge is 0.507 e. The third kappa shape index (κ3) is 6.33. The Balaban J connectivity index is 1.81. The van der Waals surface area contributed by atoms with Gasteiger partial charge in [-0.05, 0) is 55.0 Å². The molecule has 0 bridgehead atoms. The quantitative estimate of drug-likeness (QED) is 0.254. The number of halogens is 1. The summed E-state index contributed by atoms with van der Waals surface area (Å²) in [7, 11) is 0. The number of carbonyl (C=O) groups excluding carboxylic acids is 1. The second-order valence-corrected chi connectivity index (χ2v) is 7.83. The van der Waals surface area contributed by atoms with E-state index < -0.39 is 18.2 Å². The second-order valence-electron chi connectivity index (χ2n) is 6.92. The third-order valence-corrected chi connectivity index (χ3v) is 5.25. The maximum Gasteiger partial charge on any atom is 0.412 e. The molecule has 0 heterocycles. The first-order valence-corrected chi connectivity index (χ1v) is 10.6. The van der Waals surface area contributed by atoms with E-state index in [4.69, 9.17) is 9.84 Å². The lowest BCUT2D eigenvalue weighted by molar-refractivity contribution is -0.131. The minimum Gasteiger partial charge on any atom is -0.507 e. The molecule has 3 aromatic rings. The lowest BCUT2D eigenvalue weighted by Crippen LogP contribution is -2.18. The molecule has 0 aliphatic carbocycles. The van der Waals surface area contributed by atoms with Gasteiger partial charge < -0.3 is 14.9 Å². The highest BCUT2D eigenvalue weighted by molar-refractivity contribution is 9.10. The maximum absolute atomic E-state index is 12.6. The van der Waals surface area contributed by atoms with Gasteiger partial charge in [-0.3, -0.25) is 5.32 Å². The minimum absolute atomic E-state index is 0.154. The third-order valence-electron chi connectivity index (χ3n) is 4.72. The summed E-state index contributed by atoms with van der Waals surface area (Å²) in [6.45, 7) is 0. The number of aliphatic carboxylic acids is 1. The lowest BCUT2D eigenvalue weighted by Gasteiger charge is -2.20. The molecule has 0 radical (unpaired) electrons. The molecular formula is C24H22BrNO5. The Morgan fingerprint density at radius 3 is 2.45 bits per heavy atom. The molecule has 3 rings (SSSR count). The number of nitrogens with one attached hydrogen (secondary N) is 1. The Hall–Kier alpha value is -3.32. The molecule has 0 saturated heterocycles. The highest BCUT2D eigenvalue weighted by Crippen LogP contribution is 2.34. The Kier molecular flexibility index (Phi) is 7.67. The van der Waals surface area contributed by atoms with Gasteiger partial charge in [0.05, 0.1) is 0 Å². The van der Waals surface area contributed by atoms with Gasteiger partial charge in [0, 0.05) is 27.2 Å². The summed E-state index contributed by atoms with van der Waals surface area (Å²) in [4.78, 5) is 23.2. The Morgan fingerprint density at radius 1 is 1.03 bits per heavy atom. The van der Waals surface area contributed by atoms with Crippen LogP contribution in [-0.4, -0.2) is 22.3 Å². The first kappa shape index (κ1) is 22.4. The summed E-state index contributed by atoms with van der Waals surface area (Å²) in [6.07, 6.45) is 3.17. The molecule has 0 unspecified atom stereocenters. The normalized spacial score (nSPS) is 12.0. The van der Waals surface area contributed by atoms with Crippen LogP contribution < -0.4 is 5.32 Å². The molecule has 3 N–H and O–H groups in total. The summed E-state index contributed by atoms with van der Waals surface area (Å²) in [5, 5.41) is 23.1. The summed E-state index contributed by atoms with van der Waals surface area (Å²) in [5.74, 6) is -0.840. The molecule has 0 aliphatic heterocycles. The molecule has 1 atom stereocenters. The zero-order chi connectivity index (χ0) is 22.2. The van der Waals surface area contributed by atoms with Crippen LogP contribution in [0.4, 0.5) is 10.5 Å². The number of phenols is 1. The number of allylic oxidation sites excluding steroid dienone is 1. The van der Waals surface area contributed by atoms with E-state index in [0.717, 1.165) is 21.5 Å². The SMILES string of the molecule is O=C(O)/C=C/CCC[C@@H](OC(=O)Nc1ccc(Br)cc1)c1ccc(O)c2ccccc12. The van der Waals surface area contributed by atoms with Crippen molar-refractivity contribution in [2.24, 2.45) is 0 Å². The minimum atomic E-state index is -0.994. The molecule has 160 valence electrons. The first-order chi connectivity index (χ1) is 14.9. The van der Waals surface area contributed by atoms with E-state index in [2.05, 4.69) is 21.2 Å². The van der Waals surface area contributed by atoms with Gasteiger partial charge >= 0.3 is 12.1 Å². The van der Waals surface area contributed by atoms with Gasteiger partial charge in [-0.25, -0.2) is 9.59 Å². The predicted octanol–water partition coefficient (Wildman–Crippen LogP) is 6.41. The zero-order valence-electron chi connectivity index (χ0n) is 16.6. The fraction of sp³-hybridized carbons (Fsp3) is 0.167. The van der Waals surface area contributed by atoms with E-state index in [9.17, 15) is 14.7 Å². The van der Waals surface area contributed by atoms with Gasteiger partial charge in [-0.15, -0.1) is 0 Å². The van der Waals surface area contributed by atoms with Crippen LogP contribution in [0.5, 0.6) is 5.75 Å². The fourth-order valence-electron chi connectivity index (χ4n) is 3.28. The number of benzene rings is 3. The number of carboxylic acid groups (broad SMARTS) is 1. The summed E-state index contributed by atoms with van der Waals surface area (Å²) < 4.78 is 6.66. The van der Waals surface area contributed by atoms with Crippen LogP contribution in [-0.2, 0) is 9.53 Å². The van der Waals surface area contributed by atoms with E-state index >= 15 is 0 Å². The standard InChI is InChI=1S/C24H22BrNO5/c25-16-10-12-17(13-11-16)26-24(30)31-22(8-2-1-3-9-23(28)29)20-14-15-21(27)19-7-5-4-6-18(19)20/h3-7,9-15,22,27H,1-2,8H2,(H,26,30)(H,28,29)/b9-3+/t22-/m1/s1. The molecule has 7 heteroatoms. The number of aromatic hydroxyl groups is 1. The maximum atomic E-state index is 12.6. The second kappa shape index (κ2) is 10.6. The van der Waals surface area contributed by atoms with Crippen molar-refractivity contribution in [3.8, 4) is 5.75 Å². The van der Waals surface area contributed by atoms with Crippen LogP contribution in [0.2, 0.25) is 0 Å². The summed E-state index contributed by atoms with van der Waals surface area (Å²) in [5.41, 5.74) is 1.38. The number of carboxylic acids is 1. The number of amides is 1. The molecular weight excluding hydrogens is 462 g/mol. The van der Waals surface area contributed by atoms with Crippen LogP contribution in [0.15, 0.2) is 77.3 Å². The summed E-state index contributed by atoms with van der Waals surface area (Å²) in [6, 6.07) is 17.9. The zero-order valence-corrected chi connectivity index (χ0v) is 18.2. The number of carbonyl (C=O) groups is 2. The van der Waals surface area contributed by atoms with Gasteiger partial charge in [-0.2, -0.15) is 0 Å². The van der Waals surface area contributed by atoms with Crippen molar-refractivity contribution < 1.29 is 24.5 Å². The van der Waals surface area contributed by atoms with Crippen molar-refractivity contribution in [2.45, 2.75) is 25.4 Å². The Bertz CT molecular complexity index is 1090. The van der Waals surface area contributed by atoms with Crippen LogP contribution in [0.25, 0.3) is 10.8 Å². The molecule has 1 amide bonds. The van der Waals surface area contributed by atoms with Gasteiger partial charge in [0.2, 0.25) is 0 Å². The van der Waals surface area contributed by atoms with Gasteiger partial charge in [-0.1, -0.05) is 52.3 Å². The topological polar surface area (TPSA) is 95.9 Å². The molecule has 6 nitrogen and oxygen atoms in total. The van der Waals surface area contributed by atoms with Crippen LogP contribution in [0.1, 0.15) is 30.9 Å². The number of unbranched alkanes of at least 4 members (excludes halogenated alkanes) is 1. The predicted molar refractivity (Wildman–Crippen MR) is 123 cm³/mol. The van der Waals surface area contributed by atoms with Crippen molar-refractivity contribution in [3.63, 3.8) is 0 Å². The number of ether oxygens (including phenoxy) is 1. The summed E-state index contributed by atoms with van der Waals surface area (Å²) >= 11 is 3.35. The number of hydrogen-bond donors (Lipinski definition) is 3. The first-order valence-electron chi connectivity index (χ1n) is 9.77. The van der Waals surface area contributed by atoms with E-state index in [0.29, 0.717) is 30.3 Å². The number of fused-ring (bicyclic) bond motifs is 1. The molecule has 31 heavy (non-hydrogen) atoms. The van der Waals surface area contributed by atoms with E-state index in [1.54, 1.807) is 30.3 Å². The molecule has 0 aliphatic rings. The highest BCUT2D eigenvalue weighted by atomic mass is 79.9. The van der Waals surface area contributed by atoms with Gasteiger partial charge in [0.1, 0.15) is 11.9 Å². The van der Waals surface area contributed by atoms with E-state index in [1.807, 2.05) is 36.4 Å². The Labute approximate surface area is 188 Å². The van der Waals surface area contributed by atoms with Crippen molar-refractivity contribution in [3.05, 3.63) is 82.9 Å². The molecule has 0 saturated carbocycles. The monoisotopic (exact) mass is 483 g/mol. The number of rotatable bonds is 8. The number of phenolic OH excluding ortho intramolecular Hbond substituents is 1. The molecule has 0 fully saturated rings. The van der Waals surface area contributed by atoms with Crippen molar-refractivity contribution in [1.29, 1.82) is 0 Å². The van der Waals surface area contributed by atoms with E-state index in [-0.39, 0.29) is 5.75 Å². The highest BCUT2D eigenvalue weighted by Gasteiger charge is 2.20. The molecule has 0 aromatic heterocycles. The lowest BCUT2D eigenvalue weighted by atomic mass is 9.96. The van der Waals surface area contributed by atoms with Crippen molar-refractivity contribution >= 4 is 44.5 Å². The molecule has 3 aromatic carbocycles.